The maximum atomic E-state index is 16.3. The molecule has 2 aliphatic carbocycles. The molecule has 6 heterocycles. The molecule has 3 aromatic carbocycles. The number of aryl methyl sites for hydroxylation is 1. The third kappa shape index (κ3) is 7.96. The highest BCUT2D eigenvalue weighted by molar-refractivity contribution is 6.31. The van der Waals surface area contributed by atoms with Crippen LogP contribution in [0.4, 0.5) is 10.1 Å². The SMILES string of the molecule is Cn1c(=O)n(C2CCC(=O)NC2=O)c2ccc(CN3CCC(OC4CN(C(=O)C5CCC(NC(=O)[C@@H]6NC7(CCCCC7)[C@@]7(C(=O)Nc8cc(Cl)ccc87)[C@H]6c6cccc(Cl)c6F)CC5)C4)CC3)cc21. The van der Waals surface area contributed by atoms with Crippen molar-refractivity contribution in [1.29, 1.82) is 0 Å². The number of likely N-dealkylation sites (tertiary alicyclic amines) is 2. The highest BCUT2D eigenvalue weighted by Gasteiger charge is 2.72. The molecule has 370 valence electrons. The van der Waals surface area contributed by atoms with Crippen molar-refractivity contribution in [2.24, 2.45) is 13.0 Å². The van der Waals surface area contributed by atoms with Crippen LogP contribution in [-0.2, 0) is 47.7 Å². The molecule has 4 saturated heterocycles. The Balaban J connectivity index is 0.678. The van der Waals surface area contributed by atoms with E-state index in [1.807, 2.05) is 29.2 Å². The van der Waals surface area contributed by atoms with Crippen molar-refractivity contribution in [3.8, 4) is 0 Å². The highest BCUT2D eigenvalue weighted by Crippen LogP contribution is 2.63. The number of anilines is 1. The van der Waals surface area contributed by atoms with Crippen molar-refractivity contribution in [3.05, 3.63) is 97.6 Å². The van der Waals surface area contributed by atoms with Gasteiger partial charge in [0.25, 0.3) is 0 Å². The van der Waals surface area contributed by atoms with Crippen molar-refractivity contribution >= 4 is 69.5 Å². The number of imidazole rings is 1. The van der Waals surface area contributed by atoms with E-state index in [2.05, 4.69) is 26.2 Å². The van der Waals surface area contributed by atoms with Gasteiger partial charge in [-0.15, -0.1) is 0 Å². The van der Waals surface area contributed by atoms with Crippen LogP contribution in [0.5, 0.6) is 0 Å². The van der Waals surface area contributed by atoms with Crippen LogP contribution in [0.25, 0.3) is 11.0 Å². The van der Waals surface area contributed by atoms with Gasteiger partial charge >= 0.3 is 5.69 Å². The van der Waals surface area contributed by atoms with Gasteiger partial charge in [0.2, 0.25) is 29.5 Å². The molecule has 1 aromatic heterocycles. The Hall–Kier alpha value is -5.13. The first-order valence-electron chi connectivity index (χ1n) is 25.1. The molecule has 15 nitrogen and oxygen atoms in total. The average Bonchev–Trinajstić information content (AvgIpc) is 3.89. The molecule has 0 radical (unpaired) electrons. The van der Waals surface area contributed by atoms with Crippen LogP contribution in [0.15, 0.2) is 59.4 Å². The molecule has 2 spiro atoms. The van der Waals surface area contributed by atoms with Crippen LogP contribution in [0.3, 0.4) is 0 Å². The van der Waals surface area contributed by atoms with Gasteiger partial charge in [0.15, 0.2) is 0 Å². The van der Waals surface area contributed by atoms with Crippen LogP contribution in [0.2, 0.25) is 10.0 Å². The zero-order valence-corrected chi connectivity index (χ0v) is 40.8. The maximum Gasteiger partial charge on any atom is 0.329 e. The molecule has 2 saturated carbocycles. The van der Waals surface area contributed by atoms with Crippen LogP contribution in [0.1, 0.15) is 112 Å². The Kier molecular flexibility index (Phi) is 12.5. The molecule has 4 aromatic rings. The molecule has 7 aliphatic rings. The van der Waals surface area contributed by atoms with E-state index in [1.165, 1.54) is 10.6 Å². The van der Waals surface area contributed by atoms with E-state index in [9.17, 15) is 28.8 Å². The summed E-state index contributed by atoms with van der Waals surface area (Å²) in [5.41, 5.74) is 1.57. The number of carbonyl (C=O) groups excluding carboxylic acids is 5. The van der Waals surface area contributed by atoms with Crippen molar-refractivity contribution in [1.82, 2.24) is 34.9 Å². The Morgan fingerprint density at radius 3 is 2.36 bits per heavy atom. The summed E-state index contributed by atoms with van der Waals surface area (Å²) in [5, 5.41) is 12.8. The summed E-state index contributed by atoms with van der Waals surface area (Å²) in [6, 6.07) is 14.2. The van der Waals surface area contributed by atoms with E-state index in [4.69, 9.17) is 27.9 Å². The minimum atomic E-state index is -1.31. The highest BCUT2D eigenvalue weighted by atomic mass is 35.5. The summed E-state index contributed by atoms with van der Waals surface area (Å²) >= 11 is 12.9. The molecule has 5 aliphatic heterocycles. The summed E-state index contributed by atoms with van der Waals surface area (Å²) in [7, 11) is 1.71. The van der Waals surface area contributed by atoms with Crippen molar-refractivity contribution < 1.29 is 33.1 Å². The van der Waals surface area contributed by atoms with Gasteiger partial charge in [0.1, 0.15) is 17.3 Å². The Labute approximate surface area is 415 Å². The number of imide groups is 1. The van der Waals surface area contributed by atoms with Gasteiger partial charge in [-0.25, -0.2) is 9.18 Å². The number of ether oxygens (including phenoxy) is 1. The van der Waals surface area contributed by atoms with Crippen LogP contribution in [-0.4, -0.2) is 104 Å². The molecule has 6 fully saturated rings. The van der Waals surface area contributed by atoms with E-state index in [0.717, 1.165) is 56.3 Å². The number of aromatic nitrogens is 2. The average molecular weight is 998 g/mol. The standard InChI is InChI=1S/C52H59Cl2FN8O7/c1-60-41-24-29(8-15-39(41)63(50(60)69)40-16-17-42(64)58-46(40)65)26-61-22-18-33(19-23-61)70-34-27-62(28-34)48(67)30-9-12-32(13-10-30)56-47(66)45-43(35-6-5-7-37(54)44(35)55)52(51(59-45)20-3-2-4-21-51)36-14-11-31(53)25-38(36)57-49(52)68/h5-8,11,14-15,24-25,30,32-34,40,43,45,59H,2-4,9-10,12-13,16-23,26-28H2,1H3,(H,56,66)(H,57,68)(H,58,64,65)/t30?,32?,40?,43-,45+,52+/m0/s1. The maximum absolute atomic E-state index is 16.3. The Bertz CT molecular complexity index is 2840. The topological polar surface area (TPSA) is 176 Å². The summed E-state index contributed by atoms with van der Waals surface area (Å²) in [4.78, 5) is 85.0. The zero-order chi connectivity index (χ0) is 48.6. The molecule has 11 rings (SSSR count). The lowest BCUT2D eigenvalue weighted by atomic mass is 9.55. The normalized spacial score (nSPS) is 28.3. The number of benzene rings is 3. The molecular formula is C52H59Cl2FN8O7. The van der Waals surface area contributed by atoms with E-state index in [1.54, 1.807) is 35.9 Å². The monoisotopic (exact) mass is 996 g/mol. The van der Waals surface area contributed by atoms with Crippen LogP contribution < -0.4 is 27.0 Å². The first-order chi connectivity index (χ1) is 33.7. The van der Waals surface area contributed by atoms with Gasteiger partial charge < -0.3 is 20.3 Å². The van der Waals surface area contributed by atoms with Gasteiger partial charge in [-0.2, -0.15) is 0 Å². The Morgan fingerprint density at radius 1 is 0.857 bits per heavy atom. The van der Waals surface area contributed by atoms with Gasteiger partial charge in [0, 0.05) is 80.3 Å². The lowest BCUT2D eigenvalue weighted by Crippen LogP contribution is -2.60. The number of amides is 5. The van der Waals surface area contributed by atoms with Crippen molar-refractivity contribution in [2.75, 3.05) is 31.5 Å². The second-order valence-corrected chi connectivity index (χ2v) is 21.7. The summed E-state index contributed by atoms with van der Waals surface area (Å²) in [5.74, 6) is -2.90. The fourth-order valence-corrected chi connectivity index (χ4v) is 13.8. The molecule has 1 unspecified atom stereocenters. The van der Waals surface area contributed by atoms with Gasteiger partial charge in [-0.3, -0.25) is 48.6 Å². The molecule has 70 heavy (non-hydrogen) atoms. The second-order valence-electron chi connectivity index (χ2n) is 20.9. The predicted molar refractivity (Wildman–Crippen MR) is 261 cm³/mol. The third-order valence-electron chi connectivity index (χ3n) is 16.9. The number of fused-ring (bicyclic) bond motifs is 4. The molecule has 0 bridgehead atoms. The van der Waals surface area contributed by atoms with Gasteiger partial charge in [-0.1, -0.05) is 66.7 Å². The number of nitrogens with zero attached hydrogens (tertiary/aromatic N) is 4. The van der Waals surface area contributed by atoms with E-state index in [0.29, 0.717) is 86.4 Å². The number of rotatable bonds is 9. The number of carbonyl (C=O) groups is 5. The Morgan fingerprint density at radius 2 is 1.61 bits per heavy atom. The lowest BCUT2D eigenvalue weighted by molar-refractivity contribution is -0.157. The fraction of sp³-hybridized carbons (Fsp3) is 0.538. The van der Waals surface area contributed by atoms with Crippen LogP contribution >= 0.6 is 23.2 Å². The summed E-state index contributed by atoms with van der Waals surface area (Å²) in [6.45, 7) is 3.54. The molecule has 18 heteroatoms. The summed E-state index contributed by atoms with van der Waals surface area (Å²) < 4.78 is 25.9. The second kappa shape index (κ2) is 18.5. The predicted octanol–water partition coefficient (Wildman–Crippen LogP) is 5.98. The zero-order valence-electron chi connectivity index (χ0n) is 39.2. The van der Waals surface area contributed by atoms with Crippen molar-refractivity contribution in [3.63, 3.8) is 0 Å². The van der Waals surface area contributed by atoms with E-state index in [-0.39, 0.29) is 70.5 Å². The first-order valence-corrected chi connectivity index (χ1v) is 25.8. The van der Waals surface area contributed by atoms with Gasteiger partial charge in [0.05, 0.1) is 34.3 Å². The number of halogens is 3. The number of nitrogens with one attached hydrogen (secondary N) is 4. The minimum Gasteiger partial charge on any atom is -0.371 e. The molecule has 4 atom stereocenters. The first kappa shape index (κ1) is 47.2. The lowest BCUT2D eigenvalue weighted by Gasteiger charge is -2.47. The van der Waals surface area contributed by atoms with E-state index < -0.39 is 40.7 Å². The molecule has 4 N–H and O–H groups in total. The molecular weight excluding hydrogens is 939 g/mol. The quantitative estimate of drug-likeness (QED) is 0.147. The summed E-state index contributed by atoms with van der Waals surface area (Å²) in [6.07, 6.45) is 8.81. The van der Waals surface area contributed by atoms with Gasteiger partial charge in [-0.05, 0) is 105 Å². The number of piperidine rings is 2. The fourth-order valence-electron chi connectivity index (χ4n) is 13.4. The smallest absolute Gasteiger partial charge is 0.329 e. The number of hydrogen-bond donors (Lipinski definition) is 4. The van der Waals surface area contributed by atoms with Crippen LogP contribution in [0, 0.1) is 11.7 Å². The van der Waals surface area contributed by atoms with E-state index >= 15 is 4.39 Å². The molecule has 5 amide bonds. The minimum absolute atomic E-state index is 0.00827. The van der Waals surface area contributed by atoms with Crippen molar-refractivity contribution in [2.45, 2.75) is 137 Å². The number of hydrogen-bond acceptors (Lipinski definition) is 9. The largest absolute Gasteiger partial charge is 0.371 e. The third-order valence-corrected chi connectivity index (χ3v) is 17.4.